The number of amides is 3. The normalized spacial score (nSPS) is 14.7. The Labute approximate surface area is 296 Å². The van der Waals surface area contributed by atoms with Crippen molar-refractivity contribution in [2.24, 2.45) is 24.6 Å². The van der Waals surface area contributed by atoms with E-state index in [4.69, 9.17) is 31.5 Å². The van der Waals surface area contributed by atoms with Gasteiger partial charge in [0.15, 0.2) is 30.3 Å². The van der Waals surface area contributed by atoms with E-state index in [0.717, 1.165) is 20.2 Å². The van der Waals surface area contributed by atoms with Gasteiger partial charge in [-0.1, -0.05) is 11.6 Å². The zero-order chi connectivity index (χ0) is 37.7. The van der Waals surface area contributed by atoms with Gasteiger partial charge in [0.1, 0.15) is 6.07 Å². The average Bonchev–Trinajstić information content (AvgIpc) is 3.49. The summed E-state index contributed by atoms with van der Waals surface area (Å²) in [6.07, 6.45) is 0.590. The van der Waals surface area contributed by atoms with Crippen molar-refractivity contribution in [3.05, 3.63) is 64.6 Å². The zero-order valence-corrected chi connectivity index (χ0v) is 28.6. The van der Waals surface area contributed by atoms with Crippen LogP contribution in [-0.4, -0.2) is 96.3 Å². The fourth-order valence-electron chi connectivity index (χ4n) is 5.17. The molecule has 2 aliphatic rings. The molecule has 1 aromatic heterocycles. The van der Waals surface area contributed by atoms with Crippen molar-refractivity contribution >= 4 is 41.3 Å². The van der Waals surface area contributed by atoms with E-state index in [1.165, 1.54) is 48.1 Å². The van der Waals surface area contributed by atoms with Gasteiger partial charge in [-0.25, -0.2) is 13.8 Å². The Morgan fingerprint density at radius 3 is 2.43 bits per heavy atom. The summed E-state index contributed by atoms with van der Waals surface area (Å²) in [5.74, 6) is -3.50. The summed E-state index contributed by atoms with van der Waals surface area (Å²) >= 11 is 6.44. The van der Waals surface area contributed by atoms with Gasteiger partial charge in [0.05, 0.1) is 22.5 Å². The lowest BCUT2D eigenvalue weighted by atomic mass is 9.94. The number of piperidine rings is 1. The molecule has 2 saturated heterocycles. The lowest BCUT2D eigenvalue weighted by Crippen LogP contribution is -2.50. The van der Waals surface area contributed by atoms with E-state index in [1.807, 2.05) is 0 Å². The minimum absolute atomic E-state index is 0.0266. The molecule has 3 aromatic rings. The fraction of sp³-hybridized carbons (Fsp3) is 0.394. The quantitative estimate of drug-likeness (QED) is 0.152. The number of nitrogens with zero attached hydrogens (tertiary/aromatic N) is 4. The standard InChI is InChI=1S/C30H30ClF2N7O4.C2H4FNO.CH4O/c1-39-23(21-4-5-24(44-11-8-34)26(33)25(21)32)16-36-27(39)29(42)38-19-2-3-20(22(31)12-19)30(43)40-9-6-18(7-10-40)28(41)37-15-17-13-35-14-17;3-2(4)1-5;1-2/h2-5,12,16-18,35H,6-7,9-11,13-15H2,1H3,(H,37,41)(H,38,42);1-2H,4H2;2H,1H3. The molecule has 14 nitrogen and oxygen atoms in total. The number of hydrogen-bond donors (Lipinski definition) is 5. The van der Waals surface area contributed by atoms with Crippen LogP contribution >= 0.6 is 11.6 Å². The first kappa shape index (κ1) is 40.4. The summed E-state index contributed by atoms with van der Waals surface area (Å²) in [6.45, 7) is 2.92. The van der Waals surface area contributed by atoms with Crippen LogP contribution < -0.4 is 26.4 Å². The number of halogens is 4. The molecule has 1 atom stereocenters. The maximum absolute atomic E-state index is 14.8. The summed E-state index contributed by atoms with van der Waals surface area (Å²) in [5.41, 5.74) is 4.81. The van der Waals surface area contributed by atoms with Gasteiger partial charge in [-0.15, -0.1) is 0 Å². The molecule has 3 heterocycles. The van der Waals surface area contributed by atoms with Crippen molar-refractivity contribution in [2.75, 3.05) is 51.8 Å². The minimum Gasteiger partial charge on any atom is -0.476 e. The SMILES string of the molecule is CO.Cn1c(-c2ccc(OCC#N)c(F)c2F)cnc1C(=O)Nc1ccc(C(=O)N2CCC(C(=O)NCC3CNC3)CC2)c(Cl)c1.NC(F)C=O. The number of imidazole rings is 1. The molecule has 5 rings (SSSR count). The third-order valence-electron chi connectivity index (χ3n) is 7.98. The fourth-order valence-corrected chi connectivity index (χ4v) is 5.43. The molecular weight excluding hydrogens is 697 g/mol. The van der Waals surface area contributed by atoms with E-state index in [0.29, 0.717) is 44.1 Å². The number of nitrogens with one attached hydrogen (secondary N) is 3. The highest BCUT2D eigenvalue weighted by atomic mass is 35.5. The average molecular weight is 735 g/mol. The molecule has 0 spiro atoms. The first-order valence-electron chi connectivity index (χ1n) is 15.6. The van der Waals surface area contributed by atoms with Crippen molar-refractivity contribution in [1.29, 1.82) is 5.26 Å². The molecule has 18 heteroatoms. The van der Waals surface area contributed by atoms with Gasteiger partial charge >= 0.3 is 0 Å². The first-order chi connectivity index (χ1) is 24.4. The number of benzene rings is 2. The number of aliphatic hydroxyl groups excluding tert-OH is 1. The highest BCUT2D eigenvalue weighted by Crippen LogP contribution is 2.31. The van der Waals surface area contributed by atoms with Gasteiger partial charge in [-0.05, 0) is 43.2 Å². The maximum Gasteiger partial charge on any atom is 0.291 e. The summed E-state index contributed by atoms with van der Waals surface area (Å²) in [7, 11) is 2.47. The highest BCUT2D eigenvalue weighted by molar-refractivity contribution is 6.34. The molecule has 2 aromatic carbocycles. The number of nitriles is 1. The van der Waals surface area contributed by atoms with Crippen molar-refractivity contribution in [2.45, 2.75) is 19.1 Å². The van der Waals surface area contributed by atoms with Crippen LogP contribution in [0.25, 0.3) is 11.3 Å². The molecule has 274 valence electrons. The first-order valence-corrected chi connectivity index (χ1v) is 16.0. The van der Waals surface area contributed by atoms with Crippen molar-refractivity contribution in [3.8, 4) is 23.1 Å². The second-order valence-electron chi connectivity index (χ2n) is 11.3. The molecule has 6 N–H and O–H groups in total. The number of carbonyl (C=O) groups excluding carboxylic acids is 4. The van der Waals surface area contributed by atoms with Gasteiger partial charge < -0.3 is 35.3 Å². The Balaban J connectivity index is 0.000000923. The number of carbonyl (C=O) groups is 4. The molecule has 0 bridgehead atoms. The third kappa shape index (κ3) is 10.5. The minimum atomic E-state index is -1.80. The van der Waals surface area contributed by atoms with Gasteiger partial charge in [0.2, 0.25) is 18.0 Å². The van der Waals surface area contributed by atoms with E-state index in [-0.39, 0.29) is 51.7 Å². The molecule has 0 saturated carbocycles. The highest BCUT2D eigenvalue weighted by Gasteiger charge is 2.29. The molecule has 51 heavy (non-hydrogen) atoms. The predicted octanol–water partition coefficient (Wildman–Crippen LogP) is 2.41. The smallest absolute Gasteiger partial charge is 0.291 e. The number of aldehydes is 1. The van der Waals surface area contributed by atoms with E-state index >= 15 is 0 Å². The Morgan fingerprint density at radius 2 is 1.86 bits per heavy atom. The second kappa shape index (κ2) is 19.4. The number of aliphatic hydroxyl groups is 1. The van der Waals surface area contributed by atoms with Crippen LogP contribution in [0.2, 0.25) is 5.02 Å². The Kier molecular flexibility index (Phi) is 15.4. The molecule has 0 aliphatic carbocycles. The summed E-state index contributed by atoms with van der Waals surface area (Å²) in [5, 5.41) is 24.6. The number of anilines is 1. The van der Waals surface area contributed by atoms with Crippen molar-refractivity contribution in [3.63, 3.8) is 0 Å². The number of likely N-dealkylation sites (tertiary alicyclic amines) is 1. The number of hydrogen-bond acceptors (Lipinski definition) is 10. The van der Waals surface area contributed by atoms with E-state index < -0.39 is 36.2 Å². The number of alkyl halides is 1. The van der Waals surface area contributed by atoms with Crippen molar-refractivity contribution in [1.82, 2.24) is 25.1 Å². The molecular formula is C33H38ClF3N8O6. The van der Waals surface area contributed by atoms with Gasteiger partial charge in [-0.3, -0.25) is 24.9 Å². The Hall–Kier alpha value is -5.02. The lowest BCUT2D eigenvalue weighted by molar-refractivity contribution is -0.126. The van der Waals surface area contributed by atoms with Crippen LogP contribution in [0.4, 0.5) is 18.9 Å². The van der Waals surface area contributed by atoms with Crippen LogP contribution in [0.15, 0.2) is 36.5 Å². The van der Waals surface area contributed by atoms with Crippen molar-refractivity contribution < 1.29 is 42.2 Å². The second-order valence-corrected chi connectivity index (χ2v) is 11.7. The van der Waals surface area contributed by atoms with Crippen LogP contribution in [0, 0.1) is 34.8 Å². The largest absolute Gasteiger partial charge is 0.476 e. The molecule has 1 unspecified atom stereocenters. The lowest BCUT2D eigenvalue weighted by Gasteiger charge is -2.32. The predicted molar refractivity (Wildman–Crippen MR) is 180 cm³/mol. The molecule has 3 amide bonds. The van der Waals surface area contributed by atoms with Crippen LogP contribution in [0.1, 0.15) is 33.8 Å². The van der Waals surface area contributed by atoms with E-state index in [9.17, 15) is 27.6 Å². The zero-order valence-electron chi connectivity index (χ0n) is 27.8. The molecule has 2 aliphatic heterocycles. The van der Waals surface area contributed by atoms with E-state index in [2.05, 4.69) is 26.7 Å². The molecule has 2 fully saturated rings. The van der Waals surface area contributed by atoms with Gasteiger partial charge in [0.25, 0.3) is 11.8 Å². The van der Waals surface area contributed by atoms with Crippen LogP contribution in [0.5, 0.6) is 5.75 Å². The Bertz CT molecular complexity index is 1740. The van der Waals surface area contributed by atoms with Crippen LogP contribution in [0.3, 0.4) is 0 Å². The summed E-state index contributed by atoms with van der Waals surface area (Å²) < 4.78 is 46.2. The summed E-state index contributed by atoms with van der Waals surface area (Å²) in [6, 6.07) is 8.64. The monoisotopic (exact) mass is 734 g/mol. The van der Waals surface area contributed by atoms with Gasteiger partial charge in [0, 0.05) is 70.0 Å². The number of rotatable bonds is 10. The number of ether oxygens (including phenoxy) is 1. The van der Waals surface area contributed by atoms with E-state index in [1.54, 1.807) is 11.0 Å². The number of aromatic nitrogens is 2. The topological polar surface area (TPSA) is 205 Å². The maximum atomic E-state index is 14.8. The van der Waals surface area contributed by atoms with Crippen LogP contribution in [-0.2, 0) is 16.6 Å². The summed E-state index contributed by atoms with van der Waals surface area (Å²) in [4.78, 5) is 53.4. The third-order valence-corrected chi connectivity index (χ3v) is 8.29. The Morgan fingerprint density at radius 1 is 1.20 bits per heavy atom. The molecule has 0 radical (unpaired) electrons. The van der Waals surface area contributed by atoms with Gasteiger partial charge in [-0.2, -0.15) is 9.65 Å². The number of nitrogens with two attached hydrogens (primary N) is 1.